The molecule has 0 bridgehead atoms. The van der Waals surface area contributed by atoms with Gasteiger partial charge in [0, 0.05) is 50.0 Å². The Bertz CT molecular complexity index is 742. The minimum Gasteiger partial charge on any atom is -0.345 e. The van der Waals surface area contributed by atoms with Crippen LogP contribution in [-0.2, 0) is 6.42 Å². The highest BCUT2D eigenvalue weighted by molar-refractivity contribution is 7.15. The average molecular weight is 375 g/mol. The fourth-order valence-electron chi connectivity index (χ4n) is 3.58. The molecule has 8 heteroatoms. The van der Waals surface area contributed by atoms with Crippen LogP contribution in [0.2, 0.25) is 0 Å². The molecule has 26 heavy (non-hydrogen) atoms. The summed E-state index contributed by atoms with van der Waals surface area (Å²) in [6, 6.07) is 2.22. The van der Waals surface area contributed by atoms with Crippen LogP contribution in [0.4, 0.5) is 5.13 Å². The molecule has 2 aliphatic heterocycles. The zero-order valence-electron chi connectivity index (χ0n) is 15.2. The minimum atomic E-state index is 0.0422. The first kappa shape index (κ1) is 17.5. The zero-order chi connectivity index (χ0) is 17.9. The number of nitrogens with zero attached hydrogens (tertiary/aromatic N) is 5. The predicted molar refractivity (Wildman–Crippen MR) is 103 cm³/mol. The maximum atomic E-state index is 12.8. The number of rotatable bonds is 4. The van der Waals surface area contributed by atoms with Gasteiger partial charge in [-0.25, -0.2) is 4.98 Å². The van der Waals surface area contributed by atoms with Gasteiger partial charge in [0.25, 0.3) is 5.91 Å². The summed E-state index contributed by atoms with van der Waals surface area (Å²) in [5, 5.41) is 9.03. The molecule has 0 saturated carbocycles. The van der Waals surface area contributed by atoms with Gasteiger partial charge in [-0.1, -0.05) is 6.92 Å². The number of thiazole rings is 1. The van der Waals surface area contributed by atoms with Crippen molar-refractivity contribution < 1.29 is 4.79 Å². The summed E-state index contributed by atoms with van der Waals surface area (Å²) in [5.74, 6) is 0.0422. The molecule has 0 aromatic carbocycles. The molecule has 1 amide bonds. The van der Waals surface area contributed by atoms with E-state index in [1.807, 2.05) is 28.0 Å². The van der Waals surface area contributed by atoms with E-state index in [0.717, 1.165) is 63.7 Å². The number of hydrogen-bond acceptors (Lipinski definition) is 6. The summed E-state index contributed by atoms with van der Waals surface area (Å²) in [5.41, 5.74) is 0.562. The molecule has 7 nitrogen and oxygen atoms in total. The third kappa shape index (κ3) is 3.61. The van der Waals surface area contributed by atoms with E-state index in [-0.39, 0.29) is 5.91 Å². The molecule has 140 valence electrons. The number of carbonyl (C=O) groups excluding carboxylic acids is 1. The van der Waals surface area contributed by atoms with Gasteiger partial charge in [-0.05, 0) is 31.9 Å². The molecule has 1 unspecified atom stereocenters. The van der Waals surface area contributed by atoms with Crippen molar-refractivity contribution in [2.75, 3.05) is 44.2 Å². The molecule has 2 saturated heterocycles. The Kier molecular flexibility index (Phi) is 5.21. The number of piperazine rings is 1. The van der Waals surface area contributed by atoms with Crippen LogP contribution in [0.15, 0.2) is 18.5 Å². The molecule has 4 heterocycles. The second-order valence-electron chi connectivity index (χ2n) is 6.92. The Morgan fingerprint density at radius 1 is 1.35 bits per heavy atom. The van der Waals surface area contributed by atoms with Crippen LogP contribution in [0.3, 0.4) is 0 Å². The quantitative estimate of drug-likeness (QED) is 0.884. The number of piperidine rings is 1. The number of anilines is 1. The first-order valence-corrected chi connectivity index (χ1v) is 10.3. The lowest BCUT2D eigenvalue weighted by atomic mass is 10.1. The number of amides is 1. The van der Waals surface area contributed by atoms with E-state index in [2.05, 4.69) is 27.2 Å². The van der Waals surface area contributed by atoms with Gasteiger partial charge in [-0.2, -0.15) is 5.10 Å². The summed E-state index contributed by atoms with van der Waals surface area (Å²) < 4.78 is 1.96. The highest BCUT2D eigenvalue weighted by Crippen LogP contribution is 2.24. The molecule has 2 fully saturated rings. The molecule has 2 aromatic rings. The molecule has 1 N–H and O–H groups in total. The maximum absolute atomic E-state index is 12.8. The molecule has 1 atom stereocenters. The fraction of sp³-hybridized carbons (Fsp3) is 0.611. The van der Waals surface area contributed by atoms with Gasteiger partial charge >= 0.3 is 0 Å². The van der Waals surface area contributed by atoms with Crippen LogP contribution < -0.4 is 10.2 Å². The van der Waals surface area contributed by atoms with Gasteiger partial charge in [-0.15, -0.1) is 11.3 Å². The number of aryl methyl sites for hydroxylation is 1. The summed E-state index contributed by atoms with van der Waals surface area (Å²) in [7, 11) is 0. The summed E-state index contributed by atoms with van der Waals surface area (Å²) in [4.78, 5) is 22.8. The van der Waals surface area contributed by atoms with Crippen LogP contribution in [0.25, 0.3) is 0 Å². The first-order valence-electron chi connectivity index (χ1n) is 9.49. The van der Waals surface area contributed by atoms with Crippen LogP contribution >= 0.6 is 11.3 Å². The van der Waals surface area contributed by atoms with E-state index >= 15 is 0 Å². The van der Waals surface area contributed by atoms with Crippen molar-refractivity contribution in [2.24, 2.45) is 0 Å². The van der Waals surface area contributed by atoms with E-state index in [1.165, 1.54) is 4.88 Å². The fourth-order valence-corrected chi connectivity index (χ4v) is 4.49. The summed E-state index contributed by atoms with van der Waals surface area (Å²) in [6.07, 6.45) is 7.21. The Labute approximate surface area is 158 Å². The lowest BCUT2D eigenvalue weighted by Crippen LogP contribution is -2.49. The van der Waals surface area contributed by atoms with Crippen molar-refractivity contribution in [3.05, 3.63) is 29.0 Å². The van der Waals surface area contributed by atoms with E-state index in [9.17, 15) is 4.79 Å². The lowest BCUT2D eigenvalue weighted by molar-refractivity contribution is 0.0739. The van der Waals surface area contributed by atoms with Gasteiger partial charge in [-0.3, -0.25) is 9.48 Å². The van der Waals surface area contributed by atoms with Crippen LogP contribution in [0, 0.1) is 0 Å². The average Bonchev–Trinajstić information content (AvgIpc) is 3.38. The van der Waals surface area contributed by atoms with Crippen LogP contribution in [0.1, 0.15) is 41.2 Å². The SMILES string of the molecule is CCc1cnc(N2CCN(C(=O)c3ccn(C4CCCNC4)n3)CC2)s1. The maximum Gasteiger partial charge on any atom is 0.274 e. The van der Waals surface area contributed by atoms with Gasteiger partial charge < -0.3 is 15.1 Å². The van der Waals surface area contributed by atoms with Crippen molar-refractivity contribution in [2.45, 2.75) is 32.2 Å². The smallest absolute Gasteiger partial charge is 0.274 e. The predicted octanol–water partition coefficient (Wildman–Crippen LogP) is 1.79. The van der Waals surface area contributed by atoms with Crippen molar-refractivity contribution in [3.8, 4) is 0 Å². The van der Waals surface area contributed by atoms with Crippen LogP contribution in [-0.4, -0.2) is 64.8 Å². The highest BCUT2D eigenvalue weighted by Gasteiger charge is 2.26. The summed E-state index contributed by atoms with van der Waals surface area (Å²) >= 11 is 1.75. The lowest BCUT2D eigenvalue weighted by Gasteiger charge is -2.34. The zero-order valence-corrected chi connectivity index (χ0v) is 16.0. The van der Waals surface area contributed by atoms with E-state index in [0.29, 0.717) is 11.7 Å². The number of hydrogen-bond donors (Lipinski definition) is 1. The molecule has 2 aromatic heterocycles. The van der Waals surface area contributed by atoms with Crippen molar-refractivity contribution in [1.82, 2.24) is 25.0 Å². The molecule has 2 aliphatic rings. The van der Waals surface area contributed by atoms with Crippen LogP contribution in [0.5, 0.6) is 0 Å². The molecule has 0 spiro atoms. The standard InChI is InChI=1S/C18H26N6OS/c1-2-15-13-20-18(26-15)23-10-8-22(9-11-23)17(25)16-5-7-24(21-16)14-4-3-6-19-12-14/h5,7,13-14,19H,2-4,6,8-12H2,1H3. The van der Waals surface area contributed by atoms with E-state index < -0.39 is 0 Å². The summed E-state index contributed by atoms with van der Waals surface area (Å²) in [6.45, 7) is 7.26. The van der Waals surface area contributed by atoms with Crippen molar-refractivity contribution in [3.63, 3.8) is 0 Å². The van der Waals surface area contributed by atoms with Gasteiger partial charge in [0.1, 0.15) is 5.69 Å². The Balaban J connectivity index is 1.35. The Morgan fingerprint density at radius 3 is 2.88 bits per heavy atom. The Hall–Kier alpha value is -1.93. The van der Waals surface area contributed by atoms with Gasteiger partial charge in [0.2, 0.25) is 0 Å². The molecule has 4 rings (SSSR count). The second-order valence-corrected chi connectivity index (χ2v) is 8.02. The Morgan fingerprint density at radius 2 is 2.19 bits per heavy atom. The number of aromatic nitrogens is 3. The highest BCUT2D eigenvalue weighted by atomic mass is 32.1. The molecular weight excluding hydrogens is 348 g/mol. The van der Waals surface area contributed by atoms with Gasteiger partial charge in [0.15, 0.2) is 5.13 Å². The third-order valence-electron chi connectivity index (χ3n) is 5.20. The van der Waals surface area contributed by atoms with Crippen molar-refractivity contribution in [1.29, 1.82) is 0 Å². The topological polar surface area (TPSA) is 66.3 Å². The van der Waals surface area contributed by atoms with Crippen molar-refractivity contribution >= 4 is 22.4 Å². The molecular formula is C18H26N6OS. The monoisotopic (exact) mass is 374 g/mol. The minimum absolute atomic E-state index is 0.0422. The van der Waals surface area contributed by atoms with Gasteiger partial charge in [0.05, 0.1) is 6.04 Å². The number of carbonyl (C=O) groups is 1. The molecule has 0 radical (unpaired) electrons. The number of nitrogens with one attached hydrogen (secondary N) is 1. The third-order valence-corrected chi connectivity index (χ3v) is 6.40. The largest absolute Gasteiger partial charge is 0.345 e. The van der Waals surface area contributed by atoms with E-state index in [1.54, 1.807) is 11.3 Å². The molecule has 0 aliphatic carbocycles. The normalized spacial score (nSPS) is 21.2. The first-order chi connectivity index (χ1) is 12.7. The second kappa shape index (κ2) is 7.75. The van der Waals surface area contributed by atoms with E-state index in [4.69, 9.17) is 0 Å².